The summed E-state index contributed by atoms with van der Waals surface area (Å²) >= 11 is 0. The van der Waals surface area contributed by atoms with Crippen molar-refractivity contribution < 1.29 is 19.1 Å². The molecular weight excluding hydrogens is 210 g/mol. The lowest BCUT2D eigenvalue weighted by Gasteiger charge is -2.25. The Morgan fingerprint density at radius 3 is 2.50 bits per heavy atom. The Bertz CT molecular complexity index is 327. The van der Waals surface area contributed by atoms with Gasteiger partial charge in [0.2, 0.25) is 0 Å². The van der Waals surface area contributed by atoms with E-state index in [9.17, 15) is 9.59 Å². The van der Waals surface area contributed by atoms with Crippen molar-refractivity contribution in [1.29, 1.82) is 0 Å². The molecule has 0 N–H and O–H groups in total. The molecule has 0 aliphatic carbocycles. The fourth-order valence-corrected chi connectivity index (χ4v) is 1.37. The van der Waals surface area contributed by atoms with E-state index in [-0.39, 0.29) is 5.70 Å². The number of carbonyl (C=O) groups is 2. The summed E-state index contributed by atoms with van der Waals surface area (Å²) in [6.07, 6.45) is 1.81. The summed E-state index contributed by atoms with van der Waals surface area (Å²) in [5.41, 5.74) is -0.308. The van der Waals surface area contributed by atoms with Gasteiger partial charge in [0.05, 0.1) is 7.11 Å². The fraction of sp³-hybridized carbons (Fsp3) is 0.636. The monoisotopic (exact) mass is 227 g/mol. The van der Waals surface area contributed by atoms with Gasteiger partial charge in [-0.3, -0.25) is 4.90 Å². The molecule has 0 saturated heterocycles. The van der Waals surface area contributed by atoms with Crippen LogP contribution in [0.15, 0.2) is 11.8 Å². The number of nitrogens with zero attached hydrogens (tertiary/aromatic N) is 1. The van der Waals surface area contributed by atoms with Gasteiger partial charge in [0.1, 0.15) is 11.3 Å². The zero-order valence-electron chi connectivity index (χ0n) is 10.1. The van der Waals surface area contributed by atoms with Crippen LogP contribution in [0.3, 0.4) is 0 Å². The quantitative estimate of drug-likeness (QED) is 0.639. The molecule has 1 aliphatic rings. The molecule has 90 valence electrons. The van der Waals surface area contributed by atoms with Crippen LogP contribution in [0.1, 0.15) is 27.2 Å². The maximum absolute atomic E-state index is 11.7. The second-order valence-corrected chi connectivity index (χ2v) is 4.50. The lowest BCUT2D eigenvalue weighted by molar-refractivity contribution is -0.137. The number of hydrogen-bond donors (Lipinski definition) is 0. The third kappa shape index (κ3) is 2.98. The second-order valence-electron chi connectivity index (χ2n) is 4.50. The molecule has 1 aliphatic heterocycles. The van der Waals surface area contributed by atoms with Gasteiger partial charge in [-0.05, 0) is 27.2 Å². The Kier molecular flexibility index (Phi) is 3.57. The molecule has 0 atom stereocenters. The highest BCUT2D eigenvalue weighted by Gasteiger charge is 2.31. The van der Waals surface area contributed by atoms with Gasteiger partial charge in [0.15, 0.2) is 0 Å². The van der Waals surface area contributed by atoms with Crippen molar-refractivity contribution >= 4 is 12.1 Å². The standard InChI is InChI=1S/C11H17NO4/c1-11(2,3)16-10(14)12-7-5-6-8(12)9(13)15-4/h6H,5,7H2,1-4H3. The van der Waals surface area contributed by atoms with E-state index >= 15 is 0 Å². The molecular formula is C11H17NO4. The van der Waals surface area contributed by atoms with E-state index in [2.05, 4.69) is 4.74 Å². The van der Waals surface area contributed by atoms with Crippen molar-refractivity contribution in [2.75, 3.05) is 13.7 Å². The molecule has 16 heavy (non-hydrogen) atoms. The van der Waals surface area contributed by atoms with Gasteiger partial charge >= 0.3 is 12.1 Å². The highest BCUT2D eigenvalue weighted by molar-refractivity contribution is 5.92. The average Bonchev–Trinajstić information content (AvgIpc) is 2.62. The Hall–Kier alpha value is -1.52. The van der Waals surface area contributed by atoms with Gasteiger partial charge in [0, 0.05) is 6.54 Å². The summed E-state index contributed by atoms with van der Waals surface area (Å²) in [5.74, 6) is -0.511. The molecule has 0 spiro atoms. The predicted molar refractivity (Wildman–Crippen MR) is 57.7 cm³/mol. The Labute approximate surface area is 95.0 Å². The van der Waals surface area contributed by atoms with Crippen molar-refractivity contribution in [2.24, 2.45) is 0 Å². The minimum atomic E-state index is -0.569. The van der Waals surface area contributed by atoms with Gasteiger partial charge in [-0.1, -0.05) is 6.08 Å². The van der Waals surface area contributed by atoms with E-state index in [1.807, 2.05) is 0 Å². The highest BCUT2D eigenvalue weighted by atomic mass is 16.6. The summed E-state index contributed by atoms with van der Waals surface area (Å²) in [4.78, 5) is 24.4. The van der Waals surface area contributed by atoms with Gasteiger partial charge in [-0.15, -0.1) is 0 Å². The van der Waals surface area contributed by atoms with Crippen molar-refractivity contribution in [3.8, 4) is 0 Å². The number of amides is 1. The molecule has 0 aromatic rings. The average molecular weight is 227 g/mol. The molecule has 1 heterocycles. The van der Waals surface area contributed by atoms with Crippen molar-refractivity contribution in [3.63, 3.8) is 0 Å². The van der Waals surface area contributed by atoms with E-state index in [4.69, 9.17) is 4.74 Å². The van der Waals surface area contributed by atoms with Crippen molar-refractivity contribution in [1.82, 2.24) is 4.90 Å². The molecule has 5 heteroatoms. The summed E-state index contributed by atoms with van der Waals surface area (Å²) in [6.45, 7) is 5.80. The van der Waals surface area contributed by atoms with Crippen LogP contribution >= 0.6 is 0 Å². The molecule has 0 radical (unpaired) electrons. The molecule has 0 bridgehead atoms. The molecule has 0 unspecified atom stereocenters. The second kappa shape index (κ2) is 4.55. The van der Waals surface area contributed by atoms with E-state index in [1.165, 1.54) is 12.0 Å². The SMILES string of the molecule is COC(=O)C1=CCCN1C(=O)OC(C)(C)C. The summed E-state index contributed by atoms with van der Waals surface area (Å²) in [5, 5.41) is 0. The van der Waals surface area contributed by atoms with Crippen LogP contribution in [0.5, 0.6) is 0 Å². The van der Waals surface area contributed by atoms with E-state index in [0.717, 1.165) is 0 Å². The van der Waals surface area contributed by atoms with Crippen LogP contribution in [0.2, 0.25) is 0 Å². The minimum absolute atomic E-state index is 0.261. The maximum Gasteiger partial charge on any atom is 0.415 e. The van der Waals surface area contributed by atoms with Crippen molar-refractivity contribution in [3.05, 3.63) is 11.8 Å². The molecule has 0 aromatic heterocycles. The molecule has 0 saturated carbocycles. The zero-order chi connectivity index (χ0) is 12.3. The number of hydrogen-bond acceptors (Lipinski definition) is 4. The van der Waals surface area contributed by atoms with Crippen LogP contribution in [-0.2, 0) is 14.3 Å². The number of carbonyl (C=O) groups excluding carboxylic acids is 2. The van der Waals surface area contributed by atoms with Crippen LogP contribution in [0.25, 0.3) is 0 Å². The molecule has 5 nitrogen and oxygen atoms in total. The van der Waals surface area contributed by atoms with E-state index in [1.54, 1.807) is 26.8 Å². The predicted octanol–water partition coefficient (Wildman–Crippen LogP) is 1.68. The number of methoxy groups -OCH3 is 1. The van der Waals surface area contributed by atoms with Crippen LogP contribution in [0.4, 0.5) is 4.79 Å². The largest absolute Gasteiger partial charge is 0.464 e. The Balaban J connectivity index is 2.71. The summed E-state index contributed by atoms with van der Waals surface area (Å²) in [6, 6.07) is 0. The van der Waals surface area contributed by atoms with E-state index < -0.39 is 17.7 Å². The van der Waals surface area contributed by atoms with Gasteiger partial charge in [-0.2, -0.15) is 0 Å². The first-order chi connectivity index (χ1) is 7.35. The van der Waals surface area contributed by atoms with Gasteiger partial charge < -0.3 is 9.47 Å². The lowest BCUT2D eigenvalue weighted by atomic mass is 10.2. The third-order valence-electron chi connectivity index (χ3n) is 1.99. The number of rotatable bonds is 1. The van der Waals surface area contributed by atoms with Crippen LogP contribution < -0.4 is 0 Å². The summed E-state index contributed by atoms with van der Waals surface area (Å²) in [7, 11) is 1.29. The first-order valence-corrected chi connectivity index (χ1v) is 5.14. The number of esters is 1. The Morgan fingerprint density at radius 2 is 2.00 bits per heavy atom. The van der Waals surface area contributed by atoms with E-state index in [0.29, 0.717) is 13.0 Å². The molecule has 1 amide bonds. The molecule has 0 aromatic carbocycles. The smallest absolute Gasteiger partial charge is 0.415 e. The van der Waals surface area contributed by atoms with Gasteiger partial charge in [0.25, 0.3) is 0 Å². The van der Waals surface area contributed by atoms with Crippen LogP contribution in [-0.4, -0.2) is 36.2 Å². The highest BCUT2D eigenvalue weighted by Crippen LogP contribution is 2.20. The Morgan fingerprint density at radius 1 is 1.38 bits per heavy atom. The summed E-state index contributed by atoms with van der Waals surface area (Å²) < 4.78 is 9.77. The topological polar surface area (TPSA) is 55.8 Å². The number of ether oxygens (including phenoxy) is 2. The fourth-order valence-electron chi connectivity index (χ4n) is 1.37. The van der Waals surface area contributed by atoms with Crippen molar-refractivity contribution in [2.45, 2.75) is 32.8 Å². The zero-order valence-corrected chi connectivity index (χ0v) is 10.1. The lowest BCUT2D eigenvalue weighted by Crippen LogP contribution is -2.36. The first-order valence-electron chi connectivity index (χ1n) is 5.14. The minimum Gasteiger partial charge on any atom is -0.464 e. The van der Waals surface area contributed by atoms with Crippen LogP contribution in [0, 0.1) is 0 Å². The normalized spacial score (nSPS) is 15.8. The van der Waals surface area contributed by atoms with Gasteiger partial charge in [-0.25, -0.2) is 9.59 Å². The molecule has 0 fully saturated rings. The molecule has 1 rings (SSSR count). The third-order valence-corrected chi connectivity index (χ3v) is 1.99. The maximum atomic E-state index is 11.7. The first kappa shape index (κ1) is 12.5.